The summed E-state index contributed by atoms with van der Waals surface area (Å²) in [6.45, 7) is 1.07. The normalized spacial score (nSPS) is 13.8. The van der Waals surface area contributed by atoms with Gasteiger partial charge in [-0.3, -0.25) is 0 Å². The van der Waals surface area contributed by atoms with E-state index in [1.807, 2.05) is 0 Å². The van der Waals surface area contributed by atoms with Crippen molar-refractivity contribution in [2.24, 2.45) is 5.92 Å². The van der Waals surface area contributed by atoms with Gasteiger partial charge in [0.25, 0.3) is 0 Å². The van der Waals surface area contributed by atoms with Crippen LogP contribution in [0.4, 0.5) is 10.5 Å². The Morgan fingerprint density at radius 2 is 2.33 bits per heavy atom. The average Bonchev–Trinajstić information content (AvgIpc) is 3.12. The van der Waals surface area contributed by atoms with Crippen LogP contribution >= 0.6 is 11.6 Å². The van der Waals surface area contributed by atoms with Gasteiger partial charge in [-0.15, -0.1) is 6.42 Å². The number of hydrogen-bond acceptors (Lipinski definition) is 1. The molecule has 0 bridgehead atoms. The molecule has 1 aromatic carbocycles. The molecule has 1 N–H and O–H groups in total. The summed E-state index contributed by atoms with van der Waals surface area (Å²) in [6, 6.07) is 6.91. The number of nitrogens with one attached hydrogen (secondary N) is 1. The molecule has 4 heteroatoms. The Labute approximate surface area is 112 Å². The van der Waals surface area contributed by atoms with Crippen molar-refractivity contribution in [3.63, 3.8) is 0 Å². The fourth-order valence-corrected chi connectivity index (χ4v) is 1.90. The molecule has 0 radical (unpaired) electrons. The van der Waals surface area contributed by atoms with Crippen LogP contribution in [0.1, 0.15) is 12.8 Å². The fraction of sp³-hybridized carbons (Fsp3) is 0.357. The predicted octanol–water partition coefficient (Wildman–Crippen LogP) is 3.22. The van der Waals surface area contributed by atoms with Crippen LogP contribution in [0.25, 0.3) is 0 Å². The smallest absolute Gasteiger partial charge is 0.313 e. The van der Waals surface area contributed by atoms with E-state index >= 15 is 0 Å². The summed E-state index contributed by atoms with van der Waals surface area (Å²) >= 11 is 5.87. The summed E-state index contributed by atoms with van der Waals surface area (Å²) < 4.78 is 0. The molecule has 0 heterocycles. The quantitative estimate of drug-likeness (QED) is 0.831. The third kappa shape index (κ3) is 3.68. The number of halogens is 1. The fourth-order valence-electron chi connectivity index (χ4n) is 1.71. The van der Waals surface area contributed by atoms with Crippen molar-refractivity contribution in [3.05, 3.63) is 29.3 Å². The van der Waals surface area contributed by atoms with Gasteiger partial charge in [-0.2, -0.15) is 0 Å². The molecule has 1 saturated carbocycles. The minimum absolute atomic E-state index is 0.165. The maximum absolute atomic E-state index is 12.1. The Kier molecular flexibility index (Phi) is 4.11. The number of rotatable bonds is 4. The molecular formula is C14H15ClN2O. The van der Waals surface area contributed by atoms with Crippen LogP contribution in [0.3, 0.4) is 0 Å². The predicted molar refractivity (Wildman–Crippen MR) is 73.6 cm³/mol. The van der Waals surface area contributed by atoms with E-state index in [-0.39, 0.29) is 6.03 Å². The molecule has 0 spiro atoms. The Balaban J connectivity index is 1.97. The van der Waals surface area contributed by atoms with Gasteiger partial charge in [0.2, 0.25) is 0 Å². The first-order valence-corrected chi connectivity index (χ1v) is 6.32. The van der Waals surface area contributed by atoms with Crippen LogP contribution in [-0.4, -0.2) is 24.0 Å². The lowest BCUT2D eigenvalue weighted by Gasteiger charge is -2.20. The summed E-state index contributed by atoms with van der Waals surface area (Å²) in [5.74, 6) is 3.13. The highest BCUT2D eigenvalue weighted by Gasteiger charge is 2.26. The molecule has 0 aliphatic heterocycles. The Morgan fingerprint density at radius 1 is 1.56 bits per heavy atom. The van der Waals surface area contributed by atoms with E-state index in [0.29, 0.717) is 23.2 Å². The van der Waals surface area contributed by atoms with Crippen LogP contribution in [0.15, 0.2) is 24.3 Å². The summed E-state index contributed by atoms with van der Waals surface area (Å²) in [5.41, 5.74) is 0.685. The zero-order valence-electron chi connectivity index (χ0n) is 10.0. The van der Waals surface area contributed by atoms with Gasteiger partial charge < -0.3 is 10.2 Å². The molecule has 1 aromatic rings. The highest BCUT2D eigenvalue weighted by molar-refractivity contribution is 6.30. The molecular weight excluding hydrogens is 248 g/mol. The molecule has 1 aliphatic carbocycles. The average molecular weight is 263 g/mol. The maximum atomic E-state index is 12.1. The lowest BCUT2D eigenvalue weighted by Crippen LogP contribution is -2.36. The number of amides is 2. The van der Waals surface area contributed by atoms with Gasteiger partial charge in [0, 0.05) is 17.3 Å². The number of nitrogens with zero attached hydrogens (tertiary/aromatic N) is 1. The molecule has 3 nitrogen and oxygen atoms in total. The number of urea groups is 1. The van der Waals surface area contributed by atoms with Crippen LogP contribution in [0.5, 0.6) is 0 Å². The summed E-state index contributed by atoms with van der Waals surface area (Å²) in [7, 11) is 0. The number of benzene rings is 1. The van der Waals surface area contributed by atoms with Gasteiger partial charge in [0.15, 0.2) is 0 Å². The molecule has 0 saturated heterocycles. The topological polar surface area (TPSA) is 32.3 Å². The van der Waals surface area contributed by atoms with Crippen molar-refractivity contribution < 1.29 is 4.79 Å². The van der Waals surface area contributed by atoms with E-state index in [1.165, 1.54) is 12.8 Å². The largest absolute Gasteiger partial charge is 0.322 e. The number of carbonyl (C=O) groups excluding carboxylic acids is 1. The van der Waals surface area contributed by atoms with Crippen LogP contribution in [-0.2, 0) is 0 Å². The molecule has 0 unspecified atom stereocenters. The van der Waals surface area contributed by atoms with Crippen molar-refractivity contribution in [1.82, 2.24) is 4.90 Å². The van der Waals surface area contributed by atoms with Crippen molar-refractivity contribution in [2.75, 3.05) is 18.4 Å². The molecule has 0 atom stereocenters. The first-order valence-electron chi connectivity index (χ1n) is 5.94. The Morgan fingerprint density at radius 3 is 2.94 bits per heavy atom. The molecule has 2 amide bonds. The lowest BCUT2D eigenvalue weighted by atomic mass is 10.3. The van der Waals surface area contributed by atoms with Crippen LogP contribution in [0, 0.1) is 18.3 Å². The maximum Gasteiger partial charge on any atom is 0.322 e. The van der Waals surface area contributed by atoms with Gasteiger partial charge in [-0.1, -0.05) is 23.6 Å². The minimum atomic E-state index is -0.165. The van der Waals surface area contributed by atoms with Crippen molar-refractivity contribution >= 4 is 23.3 Å². The SMILES string of the molecule is C#CCN(CC1CC1)C(=O)Nc1cccc(Cl)c1. The van der Waals surface area contributed by atoms with E-state index in [2.05, 4.69) is 11.2 Å². The highest BCUT2D eigenvalue weighted by atomic mass is 35.5. The number of carbonyl (C=O) groups is 1. The second kappa shape index (κ2) is 5.79. The number of anilines is 1. The Bertz CT molecular complexity index is 477. The molecule has 0 aromatic heterocycles. The summed E-state index contributed by atoms with van der Waals surface area (Å²) in [4.78, 5) is 13.7. The van der Waals surface area contributed by atoms with Gasteiger partial charge in [0.1, 0.15) is 0 Å². The zero-order valence-corrected chi connectivity index (χ0v) is 10.8. The highest BCUT2D eigenvalue weighted by Crippen LogP contribution is 2.29. The first kappa shape index (κ1) is 12.8. The summed E-state index contributed by atoms with van der Waals surface area (Å²) in [5, 5.41) is 3.40. The third-order valence-corrected chi connectivity index (χ3v) is 3.06. The third-order valence-electron chi connectivity index (χ3n) is 2.82. The van der Waals surface area contributed by atoms with Gasteiger partial charge >= 0.3 is 6.03 Å². The number of terminal acetylenes is 1. The first-order chi connectivity index (χ1) is 8.69. The van der Waals surface area contributed by atoms with E-state index in [4.69, 9.17) is 18.0 Å². The van der Waals surface area contributed by atoms with Crippen LogP contribution in [0.2, 0.25) is 5.02 Å². The number of hydrogen-bond donors (Lipinski definition) is 1. The molecule has 2 rings (SSSR count). The second-order valence-electron chi connectivity index (χ2n) is 4.47. The van der Waals surface area contributed by atoms with E-state index in [0.717, 1.165) is 6.54 Å². The Hall–Kier alpha value is -1.66. The monoisotopic (exact) mass is 262 g/mol. The van der Waals surface area contributed by atoms with Gasteiger partial charge in [0.05, 0.1) is 6.54 Å². The van der Waals surface area contributed by atoms with Gasteiger partial charge in [-0.25, -0.2) is 4.79 Å². The standard InChI is InChI=1S/C14H15ClN2O/c1-2-8-17(10-11-6-7-11)14(18)16-13-5-3-4-12(15)9-13/h1,3-5,9,11H,6-8,10H2,(H,16,18). The molecule has 1 fully saturated rings. The molecule has 1 aliphatic rings. The van der Waals surface area contributed by atoms with Crippen LogP contribution < -0.4 is 5.32 Å². The van der Waals surface area contributed by atoms with Crippen molar-refractivity contribution in [1.29, 1.82) is 0 Å². The van der Waals surface area contributed by atoms with Crippen molar-refractivity contribution in [2.45, 2.75) is 12.8 Å². The second-order valence-corrected chi connectivity index (χ2v) is 4.90. The molecule has 18 heavy (non-hydrogen) atoms. The summed E-state index contributed by atoms with van der Waals surface area (Å²) in [6.07, 6.45) is 7.66. The molecule has 94 valence electrons. The van der Waals surface area contributed by atoms with E-state index < -0.39 is 0 Å². The lowest BCUT2D eigenvalue weighted by molar-refractivity contribution is 0.216. The van der Waals surface area contributed by atoms with E-state index in [9.17, 15) is 4.79 Å². The zero-order chi connectivity index (χ0) is 13.0. The minimum Gasteiger partial charge on any atom is -0.313 e. The van der Waals surface area contributed by atoms with E-state index in [1.54, 1.807) is 29.2 Å². The van der Waals surface area contributed by atoms with Gasteiger partial charge in [-0.05, 0) is 37.0 Å². The van der Waals surface area contributed by atoms with Crippen molar-refractivity contribution in [3.8, 4) is 12.3 Å².